The number of hydrogen-bond acceptors (Lipinski definition) is 5. The van der Waals surface area contributed by atoms with E-state index in [9.17, 15) is 9.59 Å². The normalized spacial score (nSPS) is 15.6. The van der Waals surface area contributed by atoms with E-state index in [2.05, 4.69) is 10.5 Å². The first-order chi connectivity index (χ1) is 12.2. The van der Waals surface area contributed by atoms with Crippen LogP contribution in [0.15, 0.2) is 35.4 Å². The Hall–Kier alpha value is -2.57. The van der Waals surface area contributed by atoms with Gasteiger partial charge in [0.15, 0.2) is 0 Å². The number of rotatable bonds is 4. The van der Waals surface area contributed by atoms with Crippen LogP contribution in [-0.2, 0) is 9.53 Å². The van der Waals surface area contributed by atoms with E-state index >= 15 is 0 Å². The van der Waals surface area contributed by atoms with Crippen LogP contribution in [0.5, 0.6) is 0 Å². The summed E-state index contributed by atoms with van der Waals surface area (Å²) in [5, 5.41) is 4.25. The second-order valence-electron chi connectivity index (χ2n) is 7.35. The molecule has 0 unspecified atom stereocenters. The van der Waals surface area contributed by atoms with Gasteiger partial charge in [0.2, 0.25) is 5.91 Å². The molecule has 1 aliphatic rings. The van der Waals surface area contributed by atoms with Gasteiger partial charge in [0.25, 0.3) is 0 Å². The Bertz CT molecular complexity index is 644. The molecular weight excluding hydrogens is 332 g/mol. The Kier molecular flexibility index (Phi) is 6.60. The molecule has 1 aliphatic heterocycles. The fourth-order valence-electron chi connectivity index (χ4n) is 2.51. The summed E-state index contributed by atoms with van der Waals surface area (Å²) in [6, 6.07) is 9.59. The van der Waals surface area contributed by atoms with Crippen LogP contribution in [0.2, 0.25) is 0 Å². The number of benzene rings is 1. The van der Waals surface area contributed by atoms with Gasteiger partial charge in [-0.25, -0.2) is 4.79 Å². The van der Waals surface area contributed by atoms with Crippen molar-refractivity contribution in [3.05, 3.63) is 30.3 Å². The molecule has 0 saturated carbocycles. The summed E-state index contributed by atoms with van der Waals surface area (Å²) in [4.78, 5) is 27.9. The largest absolute Gasteiger partial charge is 0.444 e. The van der Waals surface area contributed by atoms with Gasteiger partial charge in [-0.15, -0.1) is 0 Å². The number of piperazine rings is 1. The van der Waals surface area contributed by atoms with Crippen molar-refractivity contribution in [3.8, 4) is 0 Å². The van der Waals surface area contributed by atoms with Crippen molar-refractivity contribution < 1.29 is 14.3 Å². The lowest BCUT2D eigenvalue weighted by Crippen LogP contribution is -2.51. The zero-order valence-electron chi connectivity index (χ0n) is 16.0. The lowest BCUT2D eigenvalue weighted by atomic mass is 10.2. The highest BCUT2D eigenvalue weighted by Crippen LogP contribution is 2.12. The minimum atomic E-state index is -0.511. The van der Waals surface area contributed by atoms with Gasteiger partial charge in [0.05, 0.1) is 12.1 Å². The summed E-state index contributed by atoms with van der Waals surface area (Å²) >= 11 is 0. The van der Waals surface area contributed by atoms with Gasteiger partial charge in [-0.1, -0.05) is 18.2 Å². The predicted molar refractivity (Wildman–Crippen MR) is 102 cm³/mol. The first kappa shape index (κ1) is 19.8. The van der Waals surface area contributed by atoms with Crippen LogP contribution >= 0.6 is 0 Å². The van der Waals surface area contributed by atoms with Crippen molar-refractivity contribution in [1.29, 1.82) is 0 Å². The van der Waals surface area contributed by atoms with Gasteiger partial charge in [-0.05, 0) is 39.8 Å². The third-order valence-electron chi connectivity index (χ3n) is 3.84. The standard InChI is InChI=1S/C19H28N4O3/c1-15(20-21-16-8-6-5-7-9-16)14-17(24)22-10-12-23(13-11-22)18(25)26-19(2,3)4/h5-9,21H,10-14H2,1-4H3/b20-15+. The lowest BCUT2D eigenvalue weighted by Gasteiger charge is -2.35. The van der Waals surface area contributed by atoms with Crippen LogP contribution in [0.3, 0.4) is 0 Å². The Morgan fingerprint density at radius 2 is 1.65 bits per heavy atom. The molecule has 1 saturated heterocycles. The zero-order valence-corrected chi connectivity index (χ0v) is 16.0. The Morgan fingerprint density at radius 1 is 1.08 bits per heavy atom. The van der Waals surface area contributed by atoms with Gasteiger partial charge in [-0.3, -0.25) is 10.2 Å². The van der Waals surface area contributed by atoms with Crippen molar-refractivity contribution in [2.75, 3.05) is 31.6 Å². The molecule has 0 bridgehead atoms. The van der Waals surface area contributed by atoms with Crippen LogP contribution in [0.4, 0.5) is 10.5 Å². The van der Waals surface area contributed by atoms with E-state index in [1.54, 1.807) is 9.80 Å². The molecule has 1 aromatic carbocycles. The van der Waals surface area contributed by atoms with Gasteiger partial charge >= 0.3 is 6.09 Å². The number of amides is 2. The van der Waals surface area contributed by atoms with E-state index in [-0.39, 0.29) is 18.4 Å². The molecule has 1 N–H and O–H groups in total. The highest BCUT2D eigenvalue weighted by atomic mass is 16.6. The molecule has 7 heteroatoms. The van der Waals surface area contributed by atoms with Crippen LogP contribution in [0, 0.1) is 0 Å². The Labute approximate surface area is 155 Å². The highest BCUT2D eigenvalue weighted by Gasteiger charge is 2.27. The van der Waals surface area contributed by atoms with Crippen LogP contribution in [-0.4, -0.2) is 59.3 Å². The molecule has 0 aromatic heterocycles. The highest BCUT2D eigenvalue weighted by molar-refractivity contribution is 6.00. The molecule has 1 heterocycles. The quantitative estimate of drug-likeness (QED) is 0.662. The molecule has 26 heavy (non-hydrogen) atoms. The first-order valence-electron chi connectivity index (χ1n) is 8.84. The number of ether oxygens (including phenoxy) is 1. The number of nitrogens with zero attached hydrogens (tertiary/aromatic N) is 3. The van der Waals surface area contributed by atoms with E-state index in [1.807, 2.05) is 58.0 Å². The van der Waals surface area contributed by atoms with Crippen molar-refractivity contribution in [2.24, 2.45) is 5.10 Å². The summed E-state index contributed by atoms with van der Waals surface area (Å²) in [6.45, 7) is 9.35. The average Bonchev–Trinajstić information content (AvgIpc) is 2.59. The maximum absolute atomic E-state index is 12.4. The average molecular weight is 360 g/mol. The number of hydrazone groups is 1. The van der Waals surface area contributed by atoms with Crippen LogP contribution in [0.1, 0.15) is 34.1 Å². The number of carbonyl (C=O) groups excluding carboxylic acids is 2. The molecule has 0 atom stereocenters. The van der Waals surface area contributed by atoms with Crippen LogP contribution < -0.4 is 5.43 Å². The van der Waals surface area contributed by atoms with E-state index < -0.39 is 5.60 Å². The molecule has 2 rings (SSSR count). The number of para-hydroxylation sites is 1. The minimum absolute atomic E-state index is 0.0185. The van der Waals surface area contributed by atoms with Gasteiger partial charge in [0.1, 0.15) is 5.60 Å². The summed E-state index contributed by atoms with van der Waals surface area (Å²) in [7, 11) is 0. The van der Waals surface area contributed by atoms with E-state index in [0.29, 0.717) is 31.9 Å². The smallest absolute Gasteiger partial charge is 0.410 e. The SMILES string of the molecule is C/C(CC(=O)N1CCN(C(=O)OC(C)(C)C)CC1)=N\Nc1ccccc1. The fourth-order valence-corrected chi connectivity index (χ4v) is 2.51. The lowest BCUT2D eigenvalue weighted by molar-refractivity contribution is -0.131. The molecular formula is C19H28N4O3. The van der Waals surface area contributed by atoms with E-state index in [4.69, 9.17) is 4.74 Å². The summed E-state index contributed by atoms with van der Waals surface area (Å²) in [5.74, 6) is 0.0185. The van der Waals surface area contributed by atoms with Crippen molar-refractivity contribution in [2.45, 2.75) is 39.7 Å². The zero-order chi connectivity index (χ0) is 19.2. The second kappa shape index (κ2) is 8.69. The fraction of sp³-hybridized carbons (Fsp3) is 0.526. The van der Waals surface area contributed by atoms with Crippen LogP contribution in [0.25, 0.3) is 0 Å². The molecule has 0 spiro atoms. The topological polar surface area (TPSA) is 74.2 Å². The molecule has 1 aromatic rings. The molecule has 2 amide bonds. The Balaban J connectivity index is 1.78. The number of anilines is 1. The monoisotopic (exact) mass is 360 g/mol. The van der Waals surface area contributed by atoms with Crippen molar-refractivity contribution in [1.82, 2.24) is 9.80 Å². The van der Waals surface area contributed by atoms with E-state index in [0.717, 1.165) is 5.69 Å². The molecule has 142 valence electrons. The Morgan fingerprint density at radius 3 is 2.23 bits per heavy atom. The third kappa shape index (κ3) is 6.38. The molecule has 0 aliphatic carbocycles. The maximum Gasteiger partial charge on any atom is 0.410 e. The maximum atomic E-state index is 12.4. The summed E-state index contributed by atoms with van der Waals surface area (Å²) in [5.41, 5.74) is 4.03. The van der Waals surface area contributed by atoms with Gasteiger partial charge in [0, 0.05) is 31.9 Å². The molecule has 0 radical (unpaired) electrons. The van der Waals surface area contributed by atoms with Crippen molar-refractivity contribution in [3.63, 3.8) is 0 Å². The first-order valence-corrected chi connectivity index (χ1v) is 8.84. The minimum Gasteiger partial charge on any atom is -0.444 e. The van der Waals surface area contributed by atoms with E-state index in [1.165, 1.54) is 0 Å². The third-order valence-corrected chi connectivity index (χ3v) is 3.84. The molecule has 1 fully saturated rings. The van der Waals surface area contributed by atoms with Gasteiger partial charge in [-0.2, -0.15) is 5.10 Å². The second-order valence-corrected chi connectivity index (χ2v) is 7.35. The van der Waals surface area contributed by atoms with Crippen molar-refractivity contribution >= 4 is 23.4 Å². The molecule has 7 nitrogen and oxygen atoms in total. The number of nitrogens with one attached hydrogen (secondary N) is 1. The summed E-state index contributed by atoms with van der Waals surface area (Å²) < 4.78 is 5.37. The predicted octanol–water partition coefficient (Wildman–Crippen LogP) is 2.94. The number of hydrogen-bond donors (Lipinski definition) is 1. The summed E-state index contributed by atoms with van der Waals surface area (Å²) in [6.07, 6.45) is -0.0684. The number of carbonyl (C=O) groups is 2. The van der Waals surface area contributed by atoms with Gasteiger partial charge < -0.3 is 14.5 Å².